The summed E-state index contributed by atoms with van der Waals surface area (Å²) in [5, 5.41) is 3.65. The van der Waals surface area contributed by atoms with Crippen LogP contribution in [-0.2, 0) is 4.79 Å². The number of piperidine rings is 1. The van der Waals surface area contributed by atoms with Crippen LogP contribution in [0.3, 0.4) is 0 Å². The summed E-state index contributed by atoms with van der Waals surface area (Å²) in [5.74, 6) is 1.35. The third kappa shape index (κ3) is 3.81. The van der Waals surface area contributed by atoms with Crippen LogP contribution in [0.4, 0.5) is 0 Å². The topological polar surface area (TPSA) is 29.1 Å². The largest absolute Gasteiger partial charge is 0.304 e. The standard InChI is InChI=1S/C16H29NO/c1-2-3-4-5-10-16(18)15-12-11-13-8-6-7-9-14(13)17-15/h13-15,17H,2-12H2,1H3. The van der Waals surface area contributed by atoms with Crippen LogP contribution in [0, 0.1) is 5.92 Å². The number of fused-ring (bicyclic) bond motifs is 1. The molecule has 0 amide bonds. The van der Waals surface area contributed by atoms with E-state index in [-0.39, 0.29) is 6.04 Å². The van der Waals surface area contributed by atoms with Gasteiger partial charge in [-0.25, -0.2) is 0 Å². The van der Waals surface area contributed by atoms with E-state index in [2.05, 4.69) is 12.2 Å². The van der Waals surface area contributed by atoms with Crippen LogP contribution in [0.1, 0.15) is 77.6 Å². The third-order valence-corrected chi connectivity index (χ3v) is 4.82. The van der Waals surface area contributed by atoms with Crippen LogP contribution >= 0.6 is 0 Å². The van der Waals surface area contributed by atoms with E-state index in [0.717, 1.165) is 25.2 Å². The van der Waals surface area contributed by atoms with Gasteiger partial charge in [0.1, 0.15) is 5.78 Å². The van der Waals surface area contributed by atoms with Gasteiger partial charge in [0.25, 0.3) is 0 Å². The number of nitrogens with one attached hydrogen (secondary N) is 1. The van der Waals surface area contributed by atoms with Crippen LogP contribution in [0.2, 0.25) is 0 Å². The Hall–Kier alpha value is -0.370. The van der Waals surface area contributed by atoms with E-state index >= 15 is 0 Å². The van der Waals surface area contributed by atoms with E-state index in [1.807, 2.05) is 0 Å². The Morgan fingerprint density at radius 2 is 1.89 bits per heavy atom. The first-order chi connectivity index (χ1) is 8.81. The monoisotopic (exact) mass is 251 g/mol. The Morgan fingerprint density at radius 1 is 1.06 bits per heavy atom. The molecule has 1 aliphatic heterocycles. The molecule has 1 aliphatic carbocycles. The maximum absolute atomic E-state index is 12.2. The molecule has 1 N–H and O–H groups in total. The molecule has 104 valence electrons. The summed E-state index contributed by atoms with van der Waals surface area (Å²) in [4.78, 5) is 12.2. The molecule has 2 nitrogen and oxygen atoms in total. The van der Waals surface area contributed by atoms with Crippen molar-refractivity contribution in [2.45, 2.75) is 89.6 Å². The van der Waals surface area contributed by atoms with Gasteiger partial charge in [0.05, 0.1) is 6.04 Å². The quantitative estimate of drug-likeness (QED) is 0.727. The van der Waals surface area contributed by atoms with E-state index < -0.39 is 0 Å². The average molecular weight is 251 g/mol. The third-order valence-electron chi connectivity index (χ3n) is 4.82. The van der Waals surface area contributed by atoms with Gasteiger partial charge in [0.15, 0.2) is 0 Å². The number of hydrogen-bond donors (Lipinski definition) is 1. The molecule has 18 heavy (non-hydrogen) atoms. The highest BCUT2D eigenvalue weighted by Crippen LogP contribution is 2.32. The van der Waals surface area contributed by atoms with Crippen LogP contribution in [0.15, 0.2) is 0 Å². The van der Waals surface area contributed by atoms with E-state index in [4.69, 9.17) is 0 Å². The Kier molecular flexibility index (Phi) is 5.68. The molecule has 2 fully saturated rings. The van der Waals surface area contributed by atoms with Crippen molar-refractivity contribution < 1.29 is 4.79 Å². The Labute approximate surface area is 112 Å². The second kappa shape index (κ2) is 7.28. The summed E-state index contributed by atoms with van der Waals surface area (Å²) < 4.78 is 0. The lowest BCUT2D eigenvalue weighted by atomic mass is 9.77. The van der Waals surface area contributed by atoms with Crippen molar-refractivity contribution in [3.63, 3.8) is 0 Å². The highest BCUT2D eigenvalue weighted by atomic mass is 16.1. The van der Waals surface area contributed by atoms with E-state index in [1.165, 1.54) is 51.4 Å². The zero-order valence-electron chi connectivity index (χ0n) is 11.9. The summed E-state index contributed by atoms with van der Waals surface area (Å²) >= 11 is 0. The summed E-state index contributed by atoms with van der Waals surface area (Å²) in [6, 6.07) is 0.836. The van der Waals surface area contributed by atoms with Crippen molar-refractivity contribution in [3.05, 3.63) is 0 Å². The van der Waals surface area contributed by atoms with Gasteiger partial charge >= 0.3 is 0 Å². The predicted octanol–water partition coefficient (Wildman–Crippen LogP) is 3.84. The van der Waals surface area contributed by atoms with Crippen molar-refractivity contribution in [2.24, 2.45) is 5.92 Å². The number of hydrogen-bond acceptors (Lipinski definition) is 2. The van der Waals surface area contributed by atoms with E-state index in [9.17, 15) is 4.79 Å². The molecule has 1 saturated carbocycles. The molecule has 2 rings (SSSR count). The van der Waals surface area contributed by atoms with Gasteiger partial charge in [0, 0.05) is 12.5 Å². The zero-order valence-corrected chi connectivity index (χ0v) is 11.9. The maximum Gasteiger partial charge on any atom is 0.149 e. The lowest BCUT2D eigenvalue weighted by molar-refractivity contribution is -0.122. The lowest BCUT2D eigenvalue weighted by Gasteiger charge is -2.40. The minimum absolute atomic E-state index is 0.186. The van der Waals surface area contributed by atoms with Gasteiger partial charge in [-0.2, -0.15) is 0 Å². The molecule has 3 unspecified atom stereocenters. The molecule has 0 spiro atoms. The maximum atomic E-state index is 12.2. The average Bonchev–Trinajstić information content (AvgIpc) is 2.43. The fraction of sp³-hybridized carbons (Fsp3) is 0.938. The first-order valence-electron chi connectivity index (χ1n) is 8.10. The molecule has 1 heterocycles. The Bertz CT molecular complexity index is 264. The lowest BCUT2D eigenvalue weighted by Crippen LogP contribution is -2.51. The second-order valence-corrected chi connectivity index (χ2v) is 6.22. The number of unbranched alkanes of at least 4 members (excludes halogenated alkanes) is 3. The number of carbonyl (C=O) groups excluding carboxylic acids is 1. The normalized spacial score (nSPS) is 31.9. The molecule has 0 aromatic carbocycles. The highest BCUT2D eigenvalue weighted by molar-refractivity contribution is 5.84. The van der Waals surface area contributed by atoms with E-state index in [1.54, 1.807) is 0 Å². The Balaban J connectivity index is 1.71. The van der Waals surface area contributed by atoms with Crippen molar-refractivity contribution in [2.75, 3.05) is 0 Å². The minimum Gasteiger partial charge on any atom is -0.304 e. The molecule has 3 atom stereocenters. The number of carbonyl (C=O) groups is 1. The SMILES string of the molecule is CCCCCCC(=O)C1CCC2CCCCC2N1. The van der Waals surface area contributed by atoms with E-state index in [0.29, 0.717) is 11.8 Å². The van der Waals surface area contributed by atoms with Gasteiger partial charge in [-0.1, -0.05) is 39.0 Å². The molecule has 0 aromatic heterocycles. The molecular formula is C16H29NO. The summed E-state index contributed by atoms with van der Waals surface area (Å²) in [7, 11) is 0. The Morgan fingerprint density at radius 3 is 2.72 bits per heavy atom. The van der Waals surface area contributed by atoms with Crippen LogP contribution < -0.4 is 5.32 Å². The van der Waals surface area contributed by atoms with Gasteiger partial charge in [-0.15, -0.1) is 0 Å². The molecule has 1 saturated heterocycles. The molecular weight excluding hydrogens is 222 g/mol. The zero-order chi connectivity index (χ0) is 12.8. The molecule has 0 aromatic rings. The fourth-order valence-electron chi connectivity index (χ4n) is 3.65. The van der Waals surface area contributed by atoms with Gasteiger partial charge in [0.2, 0.25) is 0 Å². The predicted molar refractivity (Wildman–Crippen MR) is 75.7 cm³/mol. The molecule has 0 bridgehead atoms. The number of Topliss-reactive ketones (excluding diaryl/α,β-unsaturated/α-hetero) is 1. The highest BCUT2D eigenvalue weighted by Gasteiger charge is 2.33. The van der Waals surface area contributed by atoms with Crippen molar-refractivity contribution >= 4 is 5.78 Å². The van der Waals surface area contributed by atoms with Gasteiger partial charge in [-0.05, 0) is 38.0 Å². The van der Waals surface area contributed by atoms with Crippen LogP contribution in [-0.4, -0.2) is 17.9 Å². The minimum atomic E-state index is 0.186. The number of rotatable bonds is 6. The summed E-state index contributed by atoms with van der Waals surface area (Å²) in [6.45, 7) is 2.22. The smallest absolute Gasteiger partial charge is 0.149 e. The first kappa shape index (κ1) is 14.0. The van der Waals surface area contributed by atoms with Crippen molar-refractivity contribution in [1.29, 1.82) is 0 Å². The number of ketones is 1. The van der Waals surface area contributed by atoms with Gasteiger partial charge < -0.3 is 5.32 Å². The molecule has 0 radical (unpaired) electrons. The van der Waals surface area contributed by atoms with Crippen molar-refractivity contribution in [1.82, 2.24) is 5.32 Å². The molecule has 2 heteroatoms. The second-order valence-electron chi connectivity index (χ2n) is 6.22. The first-order valence-corrected chi connectivity index (χ1v) is 8.10. The van der Waals surface area contributed by atoms with Crippen LogP contribution in [0.5, 0.6) is 0 Å². The van der Waals surface area contributed by atoms with Gasteiger partial charge in [-0.3, -0.25) is 4.79 Å². The molecule has 2 aliphatic rings. The summed E-state index contributed by atoms with van der Waals surface area (Å²) in [6.07, 6.45) is 13.4. The van der Waals surface area contributed by atoms with Crippen LogP contribution in [0.25, 0.3) is 0 Å². The van der Waals surface area contributed by atoms with Crippen molar-refractivity contribution in [3.8, 4) is 0 Å². The summed E-state index contributed by atoms with van der Waals surface area (Å²) in [5.41, 5.74) is 0. The fourth-order valence-corrected chi connectivity index (χ4v) is 3.65.